The largest absolute Gasteiger partial charge is 0.366 e. The molecule has 2 fully saturated rings. The minimum absolute atomic E-state index is 0.00789. The third-order valence-electron chi connectivity index (χ3n) is 6.94. The van der Waals surface area contributed by atoms with Crippen molar-refractivity contribution in [2.24, 2.45) is 0 Å². The smallest absolute Gasteiger partial charge is 0.261 e. The lowest BCUT2D eigenvalue weighted by Gasteiger charge is -2.36. The molecular formula is C27H29FN4O3. The number of amides is 2. The summed E-state index contributed by atoms with van der Waals surface area (Å²) in [5.74, 6) is -0.982. The van der Waals surface area contributed by atoms with Gasteiger partial charge in [-0.15, -0.1) is 0 Å². The minimum Gasteiger partial charge on any atom is -0.366 e. The third kappa shape index (κ3) is 4.52. The monoisotopic (exact) mass is 476 g/mol. The summed E-state index contributed by atoms with van der Waals surface area (Å²) in [6.07, 6.45) is 4.35. The summed E-state index contributed by atoms with van der Waals surface area (Å²) >= 11 is 0. The number of aryl methyl sites for hydroxylation is 1. The number of pyridine rings is 1. The Morgan fingerprint density at radius 3 is 2.49 bits per heavy atom. The molecule has 0 atom stereocenters. The highest BCUT2D eigenvalue weighted by Gasteiger charge is 2.29. The summed E-state index contributed by atoms with van der Waals surface area (Å²) in [7, 11) is 0. The molecule has 1 N–H and O–H groups in total. The maximum absolute atomic E-state index is 15.3. The number of hydrogen-bond donors (Lipinski definition) is 1. The Morgan fingerprint density at radius 2 is 1.83 bits per heavy atom. The highest BCUT2D eigenvalue weighted by Crippen LogP contribution is 2.38. The molecule has 1 aliphatic heterocycles. The van der Waals surface area contributed by atoms with Gasteiger partial charge in [-0.25, -0.2) is 4.39 Å². The number of halogens is 1. The van der Waals surface area contributed by atoms with E-state index < -0.39 is 17.2 Å². The number of anilines is 2. The zero-order valence-corrected chi connectivity index (χ0v) is 20.0. The summed E-state index contributed by atoms with van der Waals surface area (Å²) in [4.78, 5) is 41.7. The van der Waals surface area contributed by atoms with Crippen LogP contribution in [0.15, 0.2) is 47.4 Å². The van der Waals surface area contributed by atoms with Crippen LogP contribution < -0.4 is 15.6 Å². The van der Waals surface area contributed by atoms with Crippen molar-refractivity contribution >= 4 is 34.1 Å². The zero-order chi connectivity index (χ0) is 24.7. The molecule has 1 saturated carbocycles. The highest BCUT2D eigenvalue weighted by atomic mass is 19.1. The van der Waals surface area contributed by atoms with E-state index in [1.807, 2.05) is 34.6 Å². The first-order valence-electron chi connectivity index (χ1n) is 12.1. The molecule has 2 aromatic carbocycles. The first kappa shape index (κ1) is 23.1. The second-order valence-electron chi connectivity index (χ2n) is 9.33. The number of aromatic nitrogens is 1. The van der Waals surface area contributed by atoms with Crippen LogP contribution in [0, 0.1) is 5.82 Å². The van der Waals surface area contributed by atoms with Crippen molar-refractivity contribution < 1.29 is 14.0 Å². The van der Waals surface area contributed by atoms with Gasteiger partial charge in [0.05, 0.1) is 11.2 Å². The van der Waals surface area contributed by atoms with Gasteiger partial charge in [0.15, 0.2) is 0 Å². The van der Waals surface area contributed by atoms with Crippen molar-refractivity contribution in [1.29, 1.82) is 0 Å². The summed E-state index contributed by atoms with van der Waals surface area (Å²) in [5.41, 5.74) is 2.28. The van der Waals surface area contributed by atoms with Gasteiger partial charge in [0.1, 0.15) is 11.4 Å². The first-order valence-corrected chi connectivity index (χ1v) is 12.1. The number of hydrogen-bond acceptors (Lipinski definition) is 4. The fourth-order valence-corrected chi connectivity index (χ4v) is 4.75. The van der Waals surface area contributed by atoms with Gasteiger partial charge in [0, 0.05) is 56.4 Å². The molecule has 1 saturated heterocycles. The van der Waals surface area contributed by atoms with Gasteiger partial charge in [-0.1, -0.05) is 19.1 Å². The fourth-order valence-electron chi connectivity index (χ4n) is 4.75. The van der Waals surface area contributed by atoms with E-state index in [0.717, 1.165) is 24.8 Å². The number of benzene rings is 2. The molecule has 0 spiro atoms. The lowest BCUT2D eigenvalue weighted by atomic mass is 10.1. The molecule has 35 heavy (non-hydrogen) atoms. The summed E-state index contributed by atoms with van der Waals surface area (Å²) < 4.78 is 17.2. The molecule has 0 unspecified atom stereocenters. The Kier molecular flexibility index (Phi) is 6.05. The van der Waals surface area contributed by atoms with Crippen molar-refractivity contribution in [3.05, 3.63) is 69.8 Å². The molecule has 7 nitrogen and oxygen atoms in total. The van der Waals surface area contributed by atoms with Crippen molar-refractivity contribution in [2.75, 3.05) is 36.4 Å². The number of nitrogens with zero attached hydrogens (tertiary/aromatic N) is 3. The number of fused-ring (bicyclic) bond motifs is 1. The Bertz CT molecular complexity index is 1370. The molecule has 1 aliphatic carbocycles. The molecule has 2 aliphatic rings. The number of carbonyl (C=O) groups is 2. The Balaban J connectivity index is 1.52. The third-order valence-corrected chi connectivity index (χ3v) is 6.94. The predicted molar refractivity (Wildman–Crippen MR) is 135 cm³/mol. The normalized spacial score (nSPS) is 16.0. The molecule has 2 heterocycles. The van der Waals surface area contributed by atoms with E-state index in [1.54, 1.807) is 23.2 Å². The Morgan fingerprint density at radius 1 is 1.09 bits per heavy atom. The molecule has 1 aromatic heterocycles. The van der Waals surface area contributed by atoms with Gasteiger partial charge >= 0.3 is 0 Å². The van der Waals surface area contributed by atoms with E-state index in [4.69, 9.17) is 0 Å². The van der Waals surface area contributed by atoms with E-state index in [2.05, 4.69) is 5.32 Å². The van der Waals surface area contributed by atoms with Crippen LogP contribution in [0.1, 0.15) is 48.7 Å². The predicted octanol–water partition coefficient (Wildman–Crippen LogP) is 3.96. The summed E-state index contributed by atoms with van der Waals surface area (Å²) in [5, 5.41) is 3.03. The second kappa shape index (κ2) is 9.17. The van der Waals surface area contributed by atoms with Crippen molar-refractivity contribution in [1.82, 2.24) is 9.47 Å². The highest BCUT2D eigenvalue weighted by molar-refractivity contribution is 6.06. The number of nitrogens with one attached hydrogen (secondary N) is 1. The molecule has 3 aromatic rings. The number of carbonyl (C=O) groups excluding carboxylic acids is 2. The lowest BCUT2D eigenvalue weighted by Crippen LogP contribution is -2.48. The number of piperazine rings is 1. The van der Waals surface area contributed by atoms with Gasteiger partial charge in [-0.2, -0.15) is 0 Å². The van der Waals surface area contributed by atoms with Crippen molar-refractivity contribution in [3.8, 4) is 0 Å². The van der Waals surface area contributed by atoms with Crippen LogP contribution in [0.2, 0.25) is 0 Å². The van der Waals surface area contributed by atoms with E-state index in [1.165, 1.54) is 13.0 Å². The van der Waals surface area contributed by atoms with Gasteiger partial charge < -0.3 is 19.7 Å². The van der Waals surface area contributed by atoms with E-state index in [9.17, 15) is 14.4 Å². The van der Waals surface area contributed by atoms with Gasteiger partial charge in [0.2, 0.25) is 11.3 Å². The van der Waals surface area contributed by atoms with Crippen LogP contribution in [-0.2, 0) is 11.2 Å². The molecule has 182 valence electrons. The van der Waals surface area contributed by atoms with Crippen LogP contribution in [0.4, 0.5) is 15.8 Å². The maximum Gasteiger partial charge on any atom is 0.261 e. The lowest BCUT2D eigenvalue weighted by molar-refractivity contribution is -0.129. The molecule has 0 radical (unpaired) electrons. The minimum atomic E-state index is -0.499. The van der Waals surface area contributed by atoms with Gasteiger partial charge in [0.25, 0.3) is 5.91 Å². The van der Waals surface area contributed by atoms with Crippen LogP contribution in [0.25, 0.3) is 10.9 Å². The topological polar surface area (TPSA) is 74.7 Å². The molecule has 5 rings (SSSR count). The average molecular weight is 477 g/mol. The SMILES string of the molecule is CCc1cccc(NC(=O)c2cn(C3CC3)c3cc(N4CCN(C(C)=O)CC4)c(F)cc3c2=O)c1. The van der Waals surface area contributed by atoms with E-state index >= 15 is 4.39 Å². The van der Waals surface area contributed by atoms with Gasteiger partial charge in [-0.3, -0.25) is 14.4 Å². The zero-order valence-electron chi connectivity index (χ0n) is 20.0. The summed E-state index contributed by atoms with van der Waals surface area (Å²) in [6, 6.07) is 10.7. The van der Waals surface area contributed by atoms with Crippen molar-refractivity contribution in [2.45, 2.75) is 39.2 Å². The van der Waals surface area contributed by atoms with E-state index in [0.29, 0.717) is 43.1 Å². The quantitative estimate of drug-likeness (QED) is 0.605. The van der Waals surface area contributed by atoms with Gasteiger partial charge in [-0.05, 0) is 49.1 Å². The average Bonchev–Trinajstić information content (AvgIpc) is 3.70. The Hall–Kier alpha value is -3.68. The first-order chi connectivity index (χ1) is 16.9. The van der Waals surface area contributed by atoms with Crippen LogP contribution >= 0.6 is 0 Å². The second-order valence-corrected chi connectivity index (χ2v) is 9.33. The molecule has 0 bridgehead atoms. The van der Waals surface area contributed by atoms with Crippen molar-refractivity contribution in [3.63, 3.8) is 0 Å². The fraction of sp³-hybridized carbons (Fsp3) is 0.370. The molecule has 8 heteroatoms. The van der Waals surface area contributed by atoms with Crippen LogP contribution in [0.5, 0.6) is 0 Å². The molecular weight excluding hydrogens is 447 g/mol. The Labute approximate surface area is 203 Å². The van der Waals surface area contributed by atoms with Crippen LogP contribution in [-0.4, -0.2) is 47.5 Å². The molecule has 2 amide bonds. The number of rotatable bonds is 5. The van der Waals surface area contributed by atoms with Crippen LogP contribution in [0.3, 0.4) is 0 Å². The van der Waals surface area contributed by atoms with E-state index in [-0.39, 0.29) is 22.9 Å². The standard InChI is InChI=1S/C27H29FN4O3/c1-3-18-5-4-6-19(13-18)29-27(35)22-16-32(20-7-8-20)24-15-25(23(28)14-21(24)26(22)34)31-11-9-30(10-12-31)17(2)33/h4-6,13-16,20H,3,7-12H2,1-2H3,(H,29,35). The maximum atomic E-state index is 15.3. The summed E-state index contributed by atoms with van der Waals surface area (Å²) in [6.45, 7) is 5.67.